The van der Waals surface area contributed by atoms with Crippen molar-refractivity contribution in [3.8, 4) is 23.7 Å². The highest BCUT2D eigenvalue weighted by molar-refractivity contribution is 5.97. The van der Waals surface area contributed by atoms with Gasteiger partial charge in [-0.1, -0.05) is 24.0 Å². The average molecular weight is 642 g/mol. The van der Waals surface area contributed by atoms with E-state index in [9.17, 15) is 20.2 Å². The lowest BCUT2D eigenvalue weighted by atomic mass is 10.1. The maximum Gasteiger partial charge on any atom is 0.348 e. The Morgan fingerprint density at radius 2 is 1.33 bits per heavy atom. The van der Waals surface area contributed by atoms with Crippen molar-refractivity contribution in [2.24, 2.45) is 10.2 Å². The molecule has 0 saturated heterocycles. The molecule has 4 rings (SSSR count). The van der Waals surface area contributed by atoms with E-state index in [2.05, 4.69) is 22.1 Å². The van der Waals surface area contributed by atoms with Gasteiger partial charge < -0.3 is 14.4 Å². The molecule has 10 nitrogen and oxygen atoms in total. The van der Waals surface area contributed by atoms with Crippen molar-refractivity contribution in [2.45, 2.75) is 25.7 Å². The molecule has 48 heavy (non-hydrogen) atoms. The van der Waals surface area contributed by atoms with E-state index in [1.807, 2.05) is 73.6 Å². The number of hydrogen-bond donors (Lipinski definition) is 0. The molecule has 4 aromatic rings. The first kappa shape index (κ1) is 34.6. The molecule has 0 aliphatic rings. The van der Waals surface area contributed by atoms with E-state index in [4.69, 9.17) is 9.47 Å². The first-order valence-electron chi connectivity index (χ1n) is 15.4. The minimum Gasteiger partial charge on any atom is -0.494 e. The zero-order valence-corrected chi connectivity index (χ0v) is 26.8. The Kier molecular flexibility index (Phi) is 13.0. The number of rotatable bonds is 14. The number of unbranched alkanes of at least 4 members (excludes halogenated alkanes) is 3. The molecule has 0 aliphatic carbocycles. The fourth-order valence-electron chi connectivity index (χ4n) is 4.31. The average Bonchev–Trinajstić information content (AvgIpc) is 3.11. The zero-order valence-electron chi connectivity index (χ0n) is 26.8. The van der Waals surface area contributed by atoms with Crippen LogP contribution in [-0.4, -0.2) is 38.2 Å². The summed E-state index contributed by atoms with van der Waals surface area (Å²) >= 11 is 0. The molecule has 0 N–H and O–H groups in total. The molecule has 0 aromatic heterocycles. The Labute approximate surface area is 280 Å². The summed E-state index contributed by atoms with van der Waals surface area (Å²) in [6, 6.07) is 30.3. The van der Waals surface area contributed by atoms with Crippen LogP contribution in [0.2, 0.25) is 0 Å². The molecule has 0 bridgehead atoms. The van der Waals surface area contributed by atoms with Gasteiger partial charge in [0.15, 0.2) is 0 Å². The molecule has 0 radical (unpaired) electrons. The SMILES string of the molecule is CN(C)c1ccc(C#Cc2ccc(/C=C(\C#N)C(=O)OCCCCCCOc3ccc(N=Nc4ccc([N+](=O)[O-])cc4)cc3)cc2)cc1. The highest BCUT2D eigenvalue weighted by Crippen LogP contribution is 2.23. The van der Waals surface area contributed by atoms with Crippen molar-refractivity contribution >= 4 is 34.8 Å². The molecular formula is C38H35N5O5. The second kappa shape index (κ2) is 18.0. The summed E-state index contributed by atoms with van der Waals surface area (Å²) in [5.41, 5.74) is 4.66. The van der Waals surface area contributed by atoms with Crippen molar-refractivity contribution < 1.29 is 19.2 Å². The van der Waals surface area contributed by atoms with Gasteiger partial charge in [-0.25, -0.2) is 4.79 Å². The van der Waals surface area contributed by atoms with E-state index in [0.717, 1.165) is 36.1 Å². The van der Waals surface area contributed by atoms with Gasteiger partial charge in [-0.3, -0.25) is 10.1 Å². The van der Waals surface area contributed by atoms with Crippen LogP contribution in [0.4, 0.5) is 22.7 Å². The van der Waals surface area contributed by atoms with E-state index in [-0.39, 0.29) is 17.9 Å². The summed E-state index contributed by atoms with van der Waals surface area (Å²) in [5, 5.41) is 28.5. The summed E-state index contributed by atoms with van der Waals surface area (Å²) in [4.78, 5) is 24.8. The maximum absolute atomic E-state index is 12.4. The second-order valence-corrected chi connectivity index (χ2v) is 10.8. The topological polar surface area (TPSA) is 130 Å². The molecule has 0 saturated carbocycles. The summed E-state index contributed by atoms with van der Waals surface area (Å²) in [5.74, 6) is 6.35. The molecule has 0 heterocycles. The van der Waals surface area contributed by atoms with E-state index in [1.54, 1.807) is 24.3 Å². The summed E-state index contributed by atoms with van der Waals surface area (Å²) in [7, 11) is 3.98. The minimum absolute atomic E-state index is 0.000346. The van der Waals surface area contributed by atoms with Gasteiger partial charge in [0.1, 0.15) is 17.4 Å². The maximum atomic E-state index is 12.4. The number of carbonyl (C=O) groups is 1. The quantitative estimate of drug-likeness (QED) is 0.0197. The molecule has 0 fully saturated rings. The number of hydrogen-bond acceptors (Lipinski definition) is 9. The molecule has 0 aliphatic heterocycles. The number of esters is 1. The smallest absolute Gasteiger partial charge is 0.348 e. The van der Waals surface area contributed by atoms with Crippen LogP contribution < -0.4 is 9.64 Å². The van der Waals surface area contributed by atoms with Gasteiger partial charge in [0.2, 0.25) is 0 Å². The van der Waals surface area contributed by atoms with Gasteiger partial charge in [0.05, 0.1) is 29.5 Å². The van der Waals surface area contributed by atoms with Gasteiger partial charge >= 0.3 is 5.97 Å². The van der Waals surface area contributed by atoms with Crippen LogP contribution in [0.25, 0.3) is 6.08 Å². The Bertz CT molecular complexity index is 1830. The molecule has 0 unspecified atom stereocenters. The first-order valence-corrected chi connectivity index (χ1v) is 15.4. The van der Waals surface area contributed by atoms with Crippen LogP contribution >= 0.6 is 0 Å². The predicted octanol–water partition coefficient (Wildman–Crippen LogP) is 8.57. The number of nitrogens with zero attached hydrogens (tertiary/aromatic N) is 5. The van der Waals surface area contributed by atoms with Crippen LogP contribution in [-0.2, 0) is 9.53 Å². The third-order valence-corrected chi connectivity index (χ3v) is 7.02. The third kappa shape index (κ3) is 11.3. The van der Waals surface area contributed by atoms with Crippen LogP contribution in [0.3, 0.4) is 0 Å². The molecule has 0 atom stereocenters. The standard InChI is InChI=1S/C38H35N5O5/c1-42(2)35-19-13-30(14-20-35)8-7-29-9-11-31(12-10-29)27-32(28-39)38(44)48-26-6-4-3-5-25-47-37-23-17-34(18-24-37)41-40-33-15-21-36(22-16-33)43(45)46/h9-24,27H,3-6,25-26H2,1-2H3/b32-27+,41-40?. The number of non-ortho nitro benzene ring substituents is 1. The van der Waals surface area contributed by atoms with Crippen molar-refractivity contribution in [1.29, 1.82) is 5.26 Å². The van der Waals surface area contributed by atoms with E-state index < -0.39 is 10.9 Å². The molecule has 4 aromatic carbocycles. The number of nitro benzene ring substituents is 1. The lowest BCUT2D eigenvalue weighted by molar-refractivity contribution is -0.384. The number of anilines is 1. The highest BCUT2D eigenvalue weighted by Gasteiger charge is 2.10. The summed E-state index contributed by atoms with van der Waals surface area (Å²) < 4.78 is 11.1. The van der Waals surface area contributed by atoms with Crippen LogP contribution in [0.1, 0.15) is 42.4 Å². The van der Waals surface area contributed by atoms with E-state index in [0.29, 0.717) is 35.7 Å². The second-order valence-electron chi connectivity index (χ2n) is 10.8. The van der Waals surface area contributed by atoms with Crippen molar-refractivity contribution in [2.75, 3.05) is 32.2 Å². The number of benzene rings is 4. The number of nitriles is 1. The highest BCUT2D eigenvalue weighted by atomic mass is 16.6. The fraction of sp³-hybridized carbons (Fsp3) is 0.211. The van der Waals surface area contributed by atoms with E-state index in [1.165, 1.54) is 30.3 Å². The molecule has 242 valence electrons. The molecule has 0 amide bonds. The molecule has 10 heteroatoms. The number of ether oxygens (including phenoxy) is 2. The van der Waals surface area contributed by atoms with Gasteiger partial charge in [0.25, 0.3) is 5.69 Å². The van der Waals surface area contributed by atoms with Gasteiger partial charge in [0, 0.05) is 43.0 Å². The monoisotopic (exact) mass is 641 g/mol. The van der Waals surface area contributed by atoms with Crippen LogP contribution in [0.15, 0.2) is 113 Å². The van der Waals surface area contributed by atoms with Gasteiger partial charge in [-0.2, -0.15) is 15.5 Å². The largest absolute Gasteiger partial charge is 0.494 e. The van der Waals surface area contributed by atoms with Crippen molar-refractivity contribution in [1.82, 2.24) is 0 Å². The normalized spacial score (nSPS) is 10.9. The Hall–Kier alpha value is -6.26. The summed E-state index contributed by atoms with van der Waals surface area (Å²) in [6.45, 7) is 0.775. The van der Waals surface area contributed by atoms with Gasteiger partial charge in [-0.05, 0) is 110 Å². The zero-order chi connectivity index (χ0) is 34.1. The number of nitro groups is 1. The number of carbonyl (C=O) groups excluding carboxylic acids is 1. The van der Waals surface area contributed by atoms with E-state index >= 15 is 0 Å². The van der Waals surface area contributed by atoms with Crippen LogP contribution in [0, 0.1) is 33.3 Å². The van der Waals surface area contributed by atoms with Gasteiger partial charge in [-0.15, -0.1) is 0 Å². The summed E-state index contributed by atoms with van der Waals surface area (Å²) in [6.07, 6.45) is 4.79. The Morgan fingerprint density at radius 3 is 1.88 bits per heavy atom. The lowest BCUT2D eigenvalue weighted by Gasteiger charge is -2.11. The molecular weight excluding hydrogens is 606 g/mol. The van der Waals surface area contributed by atoms with Crippen molar-refractivity contribution in [3.63, 3.8) is 0 Å². The Balaban J connectivity index is 1.11. The lowest BCUT2D eigenvalue weighted by Crippen LogP contribution is -2.08. The molecule has 0 spiro atoms. The third-order valence-electron chi connectivity index (χ3n) is 7.02. The first-order chi connectivity index (χ1) is 23.3. The van der Waals surface area contributed by atoms with Crippen LogP contribution in [0.5, 0.6) is 5.75 Å². The van der Waals surface area contributed by atoms with Crippen molar-refractivity contribution in [3.05, 3.63) is 129 Å². The Morgan fingerprint density at radius 1 is 0.792 bits per heavy atom. The minimum atomic E-state index is -0.637. The predicted molar refractivity (Wildman–Crippen MR) is 185 cm³/mol. The fourth-order valence-corrected chi connectivity index (χ4v) is 4.31. The number of azo groups is 1.